The van der Waals surface area contributed by atoms with E-state index in [2.05, 4.69) is 44.0 Å². The molecule has 1 heterocycles. The van der Waals surface area contributed by atoms with Crippen LogP contribution in [0.2, 0.25) is 19.6 Å². The van der Waals surface area contributed by atoms with Crippen molar-refractivity contribution in [2.24, 2.45) is 0 Å². The van der Waals surface area contributed by atoms with Crippen molar-refractivity contribution in [1.82, 2.24) is 5.32 Å². The highest BCUT2D eigenvalue weighted by atomic mass is 28.4. The van der Waals surface area contributed by atoms with E-state index < -0.39 is 8.32 Å². The van der Waals surface area contributed by atoms with Gasteiger partial charge in [0.15, 0.2) is 0 Å². The molecule has 2 nitrogen and oxygen atoms in total. The standard InChI is InChI=1S/C13H21NOSi/c1-10-7-12-9-14-6-5-11(12)8-13(10)15-16(2,3)4/h7-8,14H,5-6,9H2,1-4H3. The van der Waals surface area contributed by atoms with Gasteiger partial charge < -0.3 is 9.74 Å². The Morgan fingerprint density at radius 3 is 2.62 bits per heavy atom. The highest BCUT2D eigenvalue weighted by Crippen LogP contribution is 2.27. The van der Waals surface area contributed by atoms with Crippen LogP contribution in [-0.4, -0.2) is 14.9 Å². The van der Waals surface area contributed by atoms with Crippen LogP contribution in [0.1, 0.15) is 16.7 Å². The number of rotatable bonds is 2. The molecule has 1 aliphatic rings. The lowest BCUT2D eigenvalue weighted by Crippen LogP contribution is -2.30. The molecule has 1 N–H and O–H groups in total. The van der Waals surface area contributed by atoms with E-state index in [-0.39, 0.29) is 0 Å². The molecule has 88 valence electrons. The van der Waals surface area contributed by atoms with Crippen LogP contribution in [0.5, 0.6) is 5.75 Å². The summed E-state index contributed by atoms with van der Waals surface area (Å²) in [5, 5.41) is 3.40. The molecule has 16 heavy (non-hydrogen) atoms. The molecule has 0 radical (unpaired) electrons. The zero-order valence-electron chi connectivity index (χ0n) is 10.7. The van der Waals surface area contributed by atoms with Gasteiger partial charge >= 0.3 is 0 Å². The lowest BCUT2D eigenvalue weighted by atomic mass is 9.98. The first kappa shape index (κ1) is 11.7. The molecular weight excluding hydrogens is 214 g/mol. The summed E-state index contributed by atoms with van der Waals surface area (Å²) in [6.07, 6.45) is 1.12. The molecule has 2 rings (SSSR count). The van der Waals surface area contributed by atoms with E-state index in [1.165, 1.54) is 16.7 Å². The number of hydrogen-bond acceptors (Lipinski definition) is 2. The zero-order chi connectivity index (χ0) is 11.8. The van der Waals surface area contributed by atoms with E-state index in [0.29, 0.717) is 0 Å². The maximum Gasteiger partial charge on any atom is 0.242 e. The van der Waals surface area contributed by atoms with E-state index in [0.717, 1.165) is 25.3 Å². The Labute approximate surface area is 99.1 Å². The van der Waals surface area contributed by atoms with E-state index in [9.17, 15) is 0 Å². The summed E-state index contributed by atoms with van der Waals surface area (Å²) in [4.78, 5) is 0. The fourth-order valence-corrected chi connectivity index (χ4v) is 2.95. The van der Waals surface area contributed by atoms with Gasteiger partial charge in [0.1, 0.15) is 5.75 Å². The largest absolute Gasteiger partial charge is 0.544 e. The highest BCUT2D eigenvalue weighted by molar-refractivity contribution is 6.70. The third kappa shape index (κ3) is 2.65. The summed E-state index contributed by atoms with van der Waals surface area (Å²) >= 11 is 0. The first-order valence-electron chi connectivity index (χ1n) is 5.98. The second-order valence-electron chi connectivity index (χ2n) is 5.53. The highest BCUT2D eigenvalue weighted by Gasteiger charge is 2.19. The van der Waals surface area contributed by atoms with Crippen molar-refractivity contribution < 1.29 is 4.43 Å². The molecule has 1 aromatic rings. The van der Waals surface area contributed by atoms with Gasteiger partial charge in [0, 0.05) is 6.54 Å². The molecule has 0 atom stereocenters. The predicted octanol–water partition coefficient (Wildman–Crippen LogP) is 2.85. The smallest absolute Gasteiger partial charge is 0.242 e. The lowest BCUT2D eigenvalue weighted by molar-refractivity contribution is 0.548. The molecule has 0 aromatic heterocycles. The number of benzene rings is 1. The van der Waals surface area contributed by atoms with Crippen LogP contribution in [0.3, 0.4) is 0 Å². The van der Waals surface area contributed by atoms with Gasteiger partial charge in [-0.1, -0.05) is 6.07 Å². The molecule has 0 bridgehead atoms. The lowest BCUT2D eigenvalue weighted by Gasteiger charge is -2.24. The molecule has 0 saturated carbocycles. The first-order valence-corrected chi connectivity index (χ1v) is 9.39. The molecule has 1 aromatic carbocycles. The summed E-state index contributed by atoms with van der Waals surface area (Å²) in [5.74, 6) is 1.10. The van der Waals surface area contributed by atoms with Crippen molar-refractivity contribution in [3.8, 4) is 5.75 Å². The van der Waals surface area contributed by atoms with Crippen LogP contribution < -0.4 is 9.74 Å². The number of hydrogen-bond donors (Lipinski definition) is 1. The number of nitrogens with one attached hydrogen (secondary N) is 1. The molecule has 1 aliphatic heterocycles. The van der Waals surface area contributed by atoms with Gasteiger partial charge in [-0.25, -0.2) is 0 Å². The van der Waals surface area contributed by atoms with Crippen LogP contribution in [0.25, 0.3) is 0 Å². The zero-order valence-corrected chi connectivity index (χ0v) is 11.7. The summed E-state index contributed by atoms with van der Waals surface area (Å²) in [6.45, 7) is 10.9. The van der Waals surface area contributed by atoms with Crippen LogP contribution in [0.15, 0.2) is 12.1 Å². The van der Waals surface area contributed by atoms with Gasteiger partial charge in [0.2, 0.25) is 8.32 Å². The maximum absolute atomic E-state index is 6.12. The summed E-state index contributed by atoms with van der Waals surface area (Å²) in [7, 11) is -1.49. The minimum atomic E-state index is -1.49. The van der Waals surface area contributed by atoms with E-state index in [4.69, 9.17) is 4.43 Å². The monoisotopic (exact) mass is 235 g/mol. The molecular formula is C13H21NOSi. The van der Waals surface area contributed by atoms with Crippen molar-refractivity contribution in [3.05, 3.63) is 28.8 Å². The minimum absolute atomic E-state index is 1.00. The first-order chi connectivity index (χ1) is 7.46. The Kier molecular flexibility index (Phi) is 3.08. The summed E-state index contributed by atoms with van der Waals surface area (Å²) in [5.41, 5.74) is 4.16. The average Bonchev–Trinajstić information content (AvgIpc) is 2.17. The second kappa shape index (κ2) is 4.22. The SMILES string of the molecule is Cc1cc2c(cc1O[Si](C)(C)C)CCNC2. The Hall–Kier alpha value is -0.803. The van der Waals surface area contributed by atoms with Crippen molar-refractivity contribution in [3.63, 3.8) is 0 Å². The van der Waals surface area contributed by atoms with Crippen molar-refractivity contribution in [2.45, 2.75) is 39.5 Å². The second-order valence-corrected chi connectivity index (χ2v) is 9.96. The fourth-order valence-electron chi connectivity index (χ4n) is 2.07. The molecule has 0 saturated heterocycles. The van der Waals surface area contributed by atoms with E-state index in [1.807, 2.05) is 0 Å². The van der Waals surface area contributed by atoms with E-state index in [1.54, 1.807) is 0 Å². The minimum Gasteiger partial charge on any atom is -0.544 e. The van der Waals surface area contributed by atoms with Crippen molar-refractivity contribution in [2.75, 3.05) is 6.54 Å². The van der Waals surface area contributed by atoms with Gasteiger partial charge in [-0.15, -0.1) is 0 Å². The predicted molar refractivity (Wildman–Crippen MR) is 70.6 cm³/mol. The Morgan fingerprint density at radius 1 is 1.19 bits per heavy atom. The third-order valence-electron chi connectivity index (χ3n) is 2.80. The molecule has 0 unspecified atom stereocenters. The van der Waals surface area contributed by atoms with Crippen LogP contribution in [0, 0.1) is 6.92 Å². The van der Waals surface area contributed by atoms with Gasteiger partial charge in [-0.2, -0.15) is 0 Å². The van der Waals surface area contributed by atoms with Crippen LogP contribution in [-0.2, 0) is 13.0 Å². The molecule has 3 heteroatoms. The number of fused-ring (bicyclic) bond motifs is 1. The third-order valence-corrected chi connectivity index (χ3v) is 3.63. The Bertz CT molecular complexity index is 396. The van der Waals surface area contributed by atoms with Gasteiger partial charge in [0.25, 0.3) is 0 Å². The van der Waals surface area contributed by atoms with Crippen LogP contribution >= 0.6 is 0 Å². The quantitative estimate of drug-likeness (QED) is 0.796. The Morgan fingerprint density at radius 2 is 1.94 bits per heavy atom. The summed E-state index contributed by atoms with van der Waals surface area (Å²) < 4.78 is 6.12. The normalized spacial score (nSPS) is 15.8. The molecule has 0 fully saturated rings. The fraction of sp³-hybridized carbons (Fsp3) is 0.538. The number of aryl methyl sites for hydroxylation is 1. The topological polar surface area (TPSA) is 21.3 Å². The van der Waals surface area contributed by atoms with Gasteiger partial charge in [0.05, 0.1) is 0 Å². The maximum atomic E-state index is 6.12. The Balaban J connectivity index is 2.32. The summed E-state index contributed by atoms with van der Waals surface area (Å²) in [6, 6.07) is 4.53. The van der Waals surface area contributed by atoms with Gasteiger partial charge in [-0.3, -0.25) is 0 Å². The molecule has 0 spiro atoms. The average molecular weight is 235 g/mol. The van der Waals surface area contributed by atoms with Crippen LogP contribution in [0.4, 0.5) is 0 Å². The van der Waals surface area contributed by atoms with Crippen molar-refractivity contribution >= 4 is 8.32 Å². The molecule has 0 aliphatic carbocycles. The van der Waals surface area contributed by atoms with E-state index >= 15 is 0 Å². The van der Waals surface area contributed by atoms with Crippen molar-refractivity contribution in [1.29, 1.82) is 0 Å². The van der Waals surface area contributed by atoms with Gasteiger partial charge in [-0.05, 0) is 62.3 Å². The molecule has 0 amide bonds.